The fraction of sp³-hybridized carbons (Fsp3) is 0.500. The van der Waals surface area contributed by atoms with Crippen molar-refractivity contribution in [2.24, 2.45) is 5.92 Å². The first-order valence-corrected chi connectivity index (χ1v) is 7.55. The Morgan fingerprint density at radius 3 is 2.65 bits per heavy atom. The fourth-order valence-corrected chi connectivity index (χ4v) is 3.49. The van der Waals surface area contributed by atoms with Crippen molar-refractivity contribution in [2.75, 3.05) is 5.75 Å². The van der Waals surface area contributed by atoms with Gasteiger partial charge in [-0.05, 0) is 31.4 Å². The number of carbonyl (C=O) groups excluding carboxylic acids is 1. The van der Waals surface area contributed by atoms with Crippen molar-refractivity contribution in [3.8, 4) is 0 Å². The molecule has 0 saturated heterocycles. The molecule has 0 bridgehead atoms. The summed E-state index contributed by atoms with van der Waals surface area (Å²) in [5.74, 6) is 1.15. The van der Waals surface area contributed by atoms with Gasteiger partial charge in [-0.15, -0.1) is 0 Å². The number of Topliss-reactive ketones (excluding diaryl/α,β-unsaturated/α-hetero) is 1. The monoisotopic (exact) mass is 250 g/mol. The average molecular weight is 250 g/mol. The standard InChI is InChI=1S/C14H18O2S/c15-14-9-5-4-6-12(14)10-11-17(16)13-7-2-1-3-8-13/h1-3,7-8,12H,4-6,9-11H2/t12-,17-/m0/s1. The molecule has 2 atom stereocenters. The maximum atomic E-state index is 12.0. The summed E-state index contributed by atoms with van der Waals surface area (Å²) < 4.78 is 12.0. The van der Waals surface area contributed by atoms with E-state index < -0.39 is 10.8 Å². The van der Waals surface area contributed by atoms with E-state index in [1.54, 1.807) is 0 Å². The Labute approximate surface area is 105 Å². The van der Waals surface area contributed by atoms with Gasteiger partial charge in [-0.2, -0.15) is 0 Å². The van der Waals surface area contributed by atoms with Crippen LogP contribution in [0.4, 0.5) is 0 Å². The van der Waals surface area contributed by atoms with Gasteiger partial charge in [0.15, 0.2) is 0 Å². The Balaban J connectivity index is 1.86. The summed E-state index contributed by atoms with van der Waals surface area (Å²) in [6, 6.07) is 9.50. The van der Waals surface area contributed by atoms with Crippen molar-refractivity contribution in [3.05, 3.63) is 30.3 Å². The van der Waals surface area contributed by atoms with Crippen LogP contribution < -0.4 is 0 Å². The minimum Gasteiger partial charge on any atom is -0.299 e. The molecule has 0 aromatic heterocycles. The first-order chi connectivity index (χ1) is 8.27. The van der Waals surface area contributed by atoms with Gasteiger partial charge in [0.25, 0.3) is 0 Å². The minimum atomic E-state index is -0.952. The van der Waals surface area contributed by atoms with E-state index in [2.05, 4.69) is 0 Å². The van der Waals surface area contributed by atoms with Crippen LogP contribution in [-0.2, 0) is 15.6 Å². The molecule has 0 spiro atoms. The summed E-state index contributed by atoms with van der Waals surface area (Å²) in [7, 11) is -0.952. The second-order valence-electron chi connectivity index (χ2n) is 4.56. The molecule has 1 saturated carbocycles. The van der Waals surface area contributed by atoms with Crippen LogP contribution >= 0.6 is 0 Å². The first-order valence-electron chi connectivity index (χ1n) is 6.23. The molecule has 1 fully saturated rings. The van der Waals surface area contributed by atoms with E-state index in [-0.39, 0.29) is 5.92 Å². The Kier molecular flexibility index (Phi) is 4.49. The van der Waals surface area contributed by atoms with Crippen LogP contribution in [0.15, 0.2) is 35.2 Å². The van der Waals surface area contributed by atoms with Gasteiger partial charge in [-0.3, -0.25) is 9.00 Å². The van der Waals surface area contributed by atoms with E-state index in [9.17, 15) is 9.00 Å². The van der Waals surface area contributed by atoms with Gasteiger partial charge in [0, 0.05) is 23.0 Å². The van der Waals surface area contributed by atoms with Crippen molar-refractivity contribution in [3.63, 3.8) is 0 Å². The first kappa shape index (κ1) is 12.5. The predicted molar refractivity (Wildman–Crippen MR) is 69.3 cm³/mol. The predicted octanol–water partition coefficient (Wildman–Crippen LogP) is 2.94. The van der Waals surface area contributed by atoms with Crippen molar-refractivity contribution < 1.29 is 9.00 Å². The SMILES string of the molecule is O=C1CCCC[C@H]1CC[S@](=O)c1ccccc1. The van der Waals surface area contributed by atoms with Gasteiger partial charge >= 0.3 is 0 Å². The molecule has 17 heavy (non-hydrogen) atoms. The summed E-state index contributed by atoms with van der Waals surface area (Å²) in [5.41, 5.74) is 0. The Morgan fingerprint density at radius 1 is 1.18 bits per heavy atom. The molecule has 0 unspecified atom stereocenters. The summed E-state index contributed by atoms with van der Waals surface area (Å²) >= 11 is 0. The molecular weight excluding hydrogens is 232 g/mol. The van der Waals surface area contributed by atoms with Gasteiger partial charge in [0.2, 0.25) is 0 Å². The van der Waals surface area contributed by atoms with Crippen molar-refractivity contribution in [2.45, 2.75) is 37.0 Å². The molecule has 1 aromatic carbocycles. The smallest absolute Gasteiger partial charge is 0.136 e. The van der Waals surface area contributed by atoms with E-state index in [4.69, 9.17) is 0 Å². The molecule has 2 nitrogen and oxygen atoms in total. The van der Waals surface area contributed by atoms with Gasteiger partial charge in [-0.1, -0.05) is 24.6 Å². The zero-order valence-corrected chi connectivity index (χ0v) is 10.7. The molecule has 1 aliphatic carbocycles. The topological polar surface area (TPSA) is 34.1 Å². The quantitative estimate of drug-likeness (QED) is 0.823. The van der Waals surface area contributed by atoms with Crippen LogP contribution in [0, 0.1) is 5.92 Å². The van der Waals surface area contributed by atoms with Crippen molar-refractivity contribution >= 4 is 16.6 Å². The molecule has 92 valence electrons. The molecule has 1 aliphatic rings. The Morgan fingerprint density at radius 2 is 1.94 bits per heavy atom. The number of carbonyl (C=O) groups is 1. The van der Waals surface area contributed by atoms with Crippen LogP contribution in [-0.4, -0.2) is 15.7 Å². The average Bonchev–Trinajstić information content (AvgIpc) is 2.38. The Bertz CT molecular complexity index is 400. The van der Waals surface area contributed by atoms with Gasteiger partial charge in [0.05, 0.1) is 10.8 Å². The zero-order valence-electron chi connectivity index (χ0n) is 9.93. The summed E-state index contributed by atoms with van der Waals surface area (Å²) in [4.78, 5) is 12.5. The largest absolute Gasteiger partial charge is 0.299 e. The van der Waals surface area contributed by atoms with E-state index in [1.807, 2.05) is 30.3 Å². The van der Waals surface area contributed by atoms with Crippen LogP contribution in [0.2, 0.25) is 0 Å². The summed E-state index contributed by atoms with van der Waals surface area (Å²) in [5, 5.41) is 0. The zero-order chi connectivity index (χ0) is 12.1. The maximum Gasteiger partial charge on any atom is 0.136 e. The highest BCUT2D eigenvalue weighted by Gasteiger charge is 2.22. The van der Waals surface area contributed by atoms with Crippen LogP contribution in [0.1, 0.15) is 32.1 Å². The fourth-order valence-electron chi connectivity index (χ4n) is 2.30. The van der Waals surface area contributed by atoms with Crippen LogP contribution in [0.25, 0.3) is 0 Å². The lowest BCUT2D eigenvalue weighted by Gasteiger charge is -2.19. The second kappa shape index (κ2) is 6.10. The van der Waals surface area contributed by atoms with E-state index in [0.29, 0.717) is 11.5 Å². The lowest BCUT2D eigenvalue weighted by Crippen LogP contribution is -2.20. The van der Waals surface area contributed by atoms with Gasteiger partial charge < -0.3 is 0 Å². The molecule has 0 amide bonds. The second-order valence-corrected chi connectivity index (χ2v) is 6.13. The highest BCUT2D eigenvalue weighted by molar-refractivity contribution is 7.85. The third-order valence-corrected chi connectivity index (χ3v) is 4.74. The van der Waals surface area contributed by atoms with Crippen LogP contribution in [0.5, 0.6) is 0 Å². The number of hydrogen-bond acceptors (Lipinski definition) is 2. The molecule has 0 radical (unpaired) electrons. The number of benzene rings is 1. The maximum absolute atomic E-state index is 12.0. The van der Waals surface area contributed by atoms with E-state index >= 15 is 0 Å². The third-order valence-electron chi connectivity index (χ3n) is 3.34. The molecule has 0 aliphatic heterocycles. The molecule has 1 aromatic rings. The third kappa shape index (κ3) is 3.50. The van der Waals surface area contributed by atoms with Crippen molar-refractivity contribution in [1.82, 2.24) is 0 Å². The lowest BCUT2D eigenvalue weighted by atomic mass is 9.86. The summed E-state index contributed by atoms with van der Waals surface area (Å²) in [6.07, 6.45) is 4.68. The van der Waals surface area contributed by atoms with E-state index in [0.717, 1.165) is 37.0 Å². The molecule has 0 N–H and O–H groups in total. The number of rotatable bonds is 4. The van der Waals surface area contributed by atoms with Gasteiger partial charge in [-0.25, -0.2) is 0 Å². The molecule has 3 heteroatoms. The lowest BCUT2D eigenvalue weighted by molar-refractivity contribution is -0.124. The summed E-state index contributed by atoms with van der Waals surface area (Å²) in [6.45, 7) is 0. The van der Waals surface area contributed by atoms with E-state index in [1.165, 1.54) is 0 Å². The molecule has 2 rings (SSSR count). The normalized spacial score (nSPS) is 22.4. The number of ketones is 1. The van der Waals surface area contributed by atoms with Crippen molar-refractivity contribution in [1.29, 1.82) is 0 Å². The minimum absolute atomic E-state index is 0.163. The molecule has 0 heterocycles. The van der Waals surface area contributed by atoms with Gasteiger partial charge in [0.1, 0.15) is 5.78 Å². The highest BCUT2D eigenvalue weighted by atomic mass is 32.2. The Hall–Kier alpha value is -0.960. The molecular formula is C14H18O2S. The number of hydrogen-bond donors (Lipinski definition) is 0. The van der Waals surface area contributed by atoms with Crippen LogP contribution in [0.3, 0.4) is 0 Å². The highest BCUT2D eigenvalue weighted by Crippen LogP contribution is 2.24.